The van der Waals surface area contributed by atoms with Gasteiger partial charge in [0.25, 0.3) is 0 Å². The van der Waals surface area contributed by atoms with Crippen molar-refractivity contribution in [3.63, 3.8) is 0 Å². The molecule has 0 saturated carbocycles. The lowest BCUT2D eigenvalue weighted by Gasteiger charge is -2.16. The predicted octanol–water partition coefficient (Wildman–Crippen LogP) is 3.55. The van der Waals surface area contributed by atoms with Crippen LogP contribution in [0.1, 0.15) is 90.9 Å². The molecular formula is C20H37NO3. The summed E-state index contributed by atoms with van der Waals surface area (Å²) in [5.74, 6) is 5.37. The Morgan fingerprint density at radius 2 is 1.46 bits per heavy atom. The SMILES string of the molecule is CCCCCCCCCCCCCC#CC(O)C(CO)NC(C)=O. The number of aliphatic hydroxyl groups excluding tert-OH is 2. The number of hydrogen-bond donors (Lipinski definition) is 3. The minimum absolute atomic E-state index is 0.278. The van der Waals surface area contributed by atoms with Crippen molar-refractivity contribution in [1.82, 2.24) is 5.32 Å². The van der Waals surface area contributed by atoms with Gasteiger partial charge in [-0.1, -0.05) is 77.1 Å². The van der Waals surface area contributed by atoms with Crippen LogP contribution in [0.5, 0.6) is 0 Å². The van der Waals surface area contributed by atoms with Crippen LogP contribution in [0.4, 0.5) is 0 Å². The Labute approximate surface area is 148 Å². The third-order valence-electron chi connectivity index (χ3n) is 4.12. The molecular weight excluding hydrogens is 302 g/mol. The molecule has 1 amide bonds. The average Bonchev–Trinajstić information content (AvgIpc) is 2.56. The zero-order valence-electron chi connectivity index (χ0n) is 15.6. The van der Waals surface area contributed by atoms with Crippen LogP contribution in [0.25, 0.3) is 0 Å². The van der Waals surface area contributed by atoms with Crippen LogP contribution in [0, 0.1) is 11.8 Å². The van der Waals surface area contributed by atoms with Crippen LogP contribution in [0.15, 0.2) is 0 Å². The Morgan fingerprint density at radius 3 is 1.92 bits per heavy atom. The number of carbonyl (C=O) groups excluding carboxylic acids is 1. The maximum atomic E-state index is 10.9. The minimum Gasteiger partial charge on any atom is -0.394 e. The quantitative estimate of drug-likeness (QED) is 0.335. The second kappa shape index (κ2) is 16.8. The molecule has 2 atom stereocenters. The van der Waals surface area contributed by atoms with E-state index < -0.39 is 12.1 Å². The summed E-state index contributed by atoms with van der Waals surface area (Å²) in [4.78, 5) is 10.9. The molecule has 0 spiro atoms. The molecule has 4 heteroatoms. The van der Waals surface area contributed by atoms with E-state index >= 15 is 0 Å². The fourth-order valence-electron chi connectivity index (χ4n) is 2.64. The lowest BCUT2D eigenvalue weighted by molar-refractivity contribution is -0.120. The van der Waals surface area contributed by atoms with E-state index in [0.717, 1.165) is 12.8 Å². The normalized spacial score (nSPS) is 13.0. The van der Waals surface area contributed by atoms with Gasteiger partial charge in [0.15, 0.2) is 0 Å². The third-order valence-corrected chi connectivity index (χ3v) is 4.12. The summed E-state index contributed by atoms with van der Waals surface area (Å²) in [5.41, 5.74) is 0. The molecule has 3 N–H and O–H groups in total. The van der Waals surface area contributed by atoms with Crippen LogP contribution < -0.4 is 5.32 Å². The van der Waals surface area contributed by atoms with Gasteiger partial charge in [0.2, 0.25) is 5.91 Å². The smallest absolute Gasteiger partial charge is 0.217 e. The lowest BCUT2D eigenvalue weighted by atomic mass is 10.1. The molecule has 0 aromatic rings. The van der Waals surface area contributed by atoms with Gasteiger partial charge in [-0.15, -0.1) is 5.92 Å². The highest BCUT2D eigenvalue weighted by atomic mass is 16.3. The molecule has 24 heavy (non-hydrogen) atoms. The molecule has 4 nitrogen and oxygen atoms in total. The van der Waals surface area contributed by atoms with Gasteiger partial charge < -0.3 is 15.5 Å². The van der Waals surface area contributed by atoms with Crippen molar-refractivity contribution < 1.29 is 15.0 Å². The zero-order valence-corrected chi connectivity index (χ0v) is 15.6. The Hall–Kier alpha value is -1.05. The highest BCUT2D eigenvalue weighted by Gasteiger charge is 2.16. The summed E-state index contributed by atoms with van der Waals surface area (Å²) in [5, 5.41) is 21.4. The fourth-order valence-corrected chi connectivity index (χ4v) is 2.64. The summed E-state index contributed by atoms with van der Waals surface area (Å²) >= 11 is 0. The van der Waals surface area contributed by atoms with E-state index in [-0.39, 0.29) is 12.5 Å². The van der Waals surface area contributed by atoms with Gasteiger partial charge in [0.05, 0.1) is 12.6 Å². The van der Waals surface area contributed by atoms with E-state index in [1.54, 1.807) is 0 Å². The van der Waals surface area contributed by atoms with E-state index in [4.69, 9.17) is 5.11 Å². The molecule has 0 aliphatic heterocycles. The molecule has 0 fully saturated rings. The van der Waals surface area contributed by atoms with Gasteiger partial charge in [-0.05, 0) is 6.42 Å². The van der Waals surface area contributed by atoms with E-state index in [2.05, 4.69) is 24.1 Å². The first-order valence-electron chi connectivity index (χ1n) is 9.66. The molecule has 0 rings (SSSR count). The van der Waals surface area contributed by atoms with Crippen molar-refractivity contribution in [2.24, 2.45) is 0 Å². The van der Waals surface area contributed by atoms with Gasteiger partial charge in [-0.3, -0.25) is 4.79 Å². The van der Waals surface area contributed by atoms with Gasteiger partial charge >= 0.3 is 0 Å². The van der Waals surface area contributed by atoms with Gasteiger partial charge in [-0.2, -0.15) is 0 Å². The first-order chi connectivity index (χ1) is 11.6. The second-order valence-corrected chi connectivity index (χ2v) is 6.54. The first kappa shape index (κ1) is 22.9. The molecule has 2 unspecified atom stereocenters. The lowest BCUT2D eigenvalue weighted by Crippen LogP contribution is -2.44. The first-order valence-corrected chi connectivity index (χ1v) is 9.66. The molecule has 0 aromatic heterocycles. The van der Waals surface area contributed by atoms with Gasteiger partial charge in [0, 0.05) is 13.3 Å². The van der Waals surface area contributed by atoms with Gasteiger partial charge in [0.1, 0.15) is 6.10 Å². The van der Waals surface area contributed by atoms with E-state index in [9.17, 15) is 9.90 Å². The van der Waals surface area contributed by atoms with Gasteiger partial charge in [-0.25, -0.2) is 0 Å². The van der Waals surface area contributed by atoms with Crippen molar-refractivity contribution >= 4 is 5.91 Å². The number of nitrogens with one attached hydrogen (secondary N) is 1. The maximum absolute atomic E-state index is 10.9. The van der Waals surface area contributed by atoms with E-state index in [1.807, 2.05) is 0 Å². The van der Waals surface area contributed by atoms with Crippen LogP contribution in [0.3, 0.4) is 0 Å². The van der Waals surface area contributed by atoms with E-state index in [1.165, 1.54) is 71.1 Å². The van der Waals surface area contributed by atoms with Crippen LogP contribution in [-0.4, -0.2) is 34.9 Å². The molecule has 0 radical (unpaired) electrons. The van der Waals surface area contributed by atoms with Crippen molar-refractivity contribution in [2.75, 3.05) is 6.61 Å². The van der Waals surface area contributed by atoms with Crippen LogP contribution in [-0.2, 0) is 4.79 Å². The number of hydrogen-bond acceptors (Lipinski definition) is 3. The Bertz CT molecular complexity index is 360. The standard InChI is InChI=1S/C20H37NO3/c1-3-4-5-6-7-8-9-10-11-12-13-14-15-16-20(24)19(17-22)21-18(2)23/h19-20,22,24H,3-14,17H2,1-2H3,(H,21,23). The highest BCUT2D eigenvalue weighted by Crippen LogP contribution is 2.11. The molecule has 0 heterocycles. The van der Waals surface area contributed by atoms with Crippen molar-refractivity contribution in [1.29, 1.82) is 0 Å². The Kier molecular flexibility index (Phi) is 16.1. The van der Waals surface area contributed by atoms with Crippen molar-refractivity contribution in [2.45, 2.75) is 103 Å². The maximum Gasteiger partial charge on any atom is 0.217 e. The molecule has 0 aliphatic carbocycles. The van der Waals surface area contributed by atoms with Crippen molar-refractivity contribution in [3.05, 3.63) is 0 Å². The predicted molar refractivity (Wildman–Crippen MR) is 99.6 cm³/mol. The van der Waals surface area contributed by atoms with Crippen molar-refractivity contribution in [3.8, 4) is 11.8 Å². The molecule has 140 valence electrons. The third kappa shape index (κ3) is 14.5. The van der Waals surface area contributed by atoms with Crippen LogP contribution in [0.2, 0.25) is 0 Å². The summed E-state index contributed by atoms with van der Waals surface area (Å²) in [7, 11) is 0. The average molecular weight is 340 g/mol. The van der Waals surface area contributed by atoms with E-state index in [0.29, 0.717) is 0 Å². The monoisotopic (exact) mass is 339 g/mol. The number of rotatable bonds is 14. The zero-order chi connectivity index (χ0) is 18.0. The largest absolute Gasteiger partial charge is 0.394 e. The number of amides is 1. The summed E-state index contributed by atoms with van der Waals surface area (Å²) < 4.78 is 0. The summed E-state index contributed by atoms with van der Waals surface area (Å²) in [6.07, 6.45) is 14.1. The van der Waals surface area contributed by atoms with Crippen LogP contribution >= 0.6 is 0 Å². The number of aliphatic hydroxyl groups is 2. The number of carbonyl (C=O) groups is 1. The Morgan fingerprint density at radius 1 is 0.958 bits per heavy atom. The highest BCUT2D eigenvalue weighted by molar-refractivity contribution is 5.73. The molecule has 0 bridgehead atoms. The Balaban J connectivity index is 3.51. The molecule has 0 saturated heterocycles. The molecule has 0 aliphatic rings. The fraction of sp³-hybridized carbons (Fsp3) is 0.850. The molecule has 0 aromatic carbocycles. The summed E-state index contributed by atoms with van der Waals surface area (Å²) in [6.45, 7) is 3.29. The second-order valence-electron chi connectivity index (χ2n) is 6.54. The number of unbranched alkanes of at least 4 members (excludes halogenated alkanes) is 11. The summed E-state index contributed by atoms with van der Waals surface area (Å²) in [6, 6.07) is -0.702. The minimum atomic E-state index is -1.01. The topological polar surface area (TPSA) is 69.6 Å².